The molecule has 0 aromatic heterocycles. The number of carbonyl (C=O) groups excluding carboxylic acids is 1. The molecule has 1 aromatic rings. The minimum atomic E-state index is -0.0890. The predicted octanol–water partition coefficient (Wildman–Crippen LogP) is 1.06. The fourth-order valence-electron chi connectivity index (χ4n) is 1.64. The van der Waals surface area contributed by atoms with Crippen molar-refractivity contribution >= 4 is 6.03 Å². The Morgan fingerprint density at radius 1 is 1.20 bits per heavy atom. The maximum atomic E-state index is 11.3. The van der Waals surface area contributed by atoms with Crippen LogP contribution in [0.15, 0.2) is 18.2 Å². The lowest BCUT2D eigenvalue weighted by atomic mass is 10.2. The van der Waals surface area contributed by atoms with E-state index in [1.54, 1.807) is 28.3 Å². The standard InChI is InChI=1S/C14H23N3O3/c1-17(2)14(18)16-8-7-15-10-11-5-6-12(19-3)9-13(11)20-4/h5-6,9,15H,7-8,10H2,1-4H3,(H,16,18). The highest BCUT2D eigenvalue weighted by Crippen LogP contribution is 2.24. The molecule has 0 spiro atoms. The van der Waals surface area contributed by atoms with Crippen LogP contribution in [-0.2, 0) is 6.54 Å². The summed E-state index contributed by atoms with van der Waals surface area (Å²) in [5, 5.41) is 6.04. The first kappa shape index (κ1) is 16.1. The van der Waals surface area contributed by atoms with Gasteiger partial charge in [-0.3, -0.25) is 0 Å². The first-order valence-corrected chi connectivity index (χ1v) is 6.45. The van der Waals surface area contributed by atoms with E-state index in [0.29, 0.717) is 19.6 Å². The zero-order valence-corrected chi connectivity index (χ0v) is 12.5. The topological polar surface area (TPSA) is 62.8 Å². The van der Waals surface area contributed by atoms with Crippen LogP contribution in [0.5, 0.6) is 11.5 Å². The molecule has 2 N–H and O–H groups in total. The lowest BCUT2D eigenvalue weighted by Gasteiger charge is -2.13. The van der Waals surface area contributed by atoms with E-state index in [1.165, 1.54) is 4.90 Å². The second kappa shape index (κ2) is 8.27. The van der Waals surface area contributed by atoms with Crippen molar-refractivity contribution in [3.8, 4) is 11.5 Å². The molecule has 112 valence electrons. The highest BCUT2D eigenvalue weighted by atomic mass is 16.5. The van der Waals surface area contributed by atoms with Gasteiger partial charge in [-0.05, 0) is 6.07 Å². The van der Waals surface area contributed by atoms with E-state index in [0.717, 1.165) is 17.1 Å². The molecule has 6 nitrogen and oxygen atoms in total. The van der Waals surface area contributed by atoms with E-state index in [9.17, 15) is 4.79 Å². The van der Waals surface area contributed by atoms with Gasteiger partial charge in [0.15, 0.2) is 0 Å². The Balaban J connectivity index is 2.37. The SMILES string of the molecule is COc1ccc(CNCCNC(=O)N(C)C)c(OC)c1. The largest absolute Gasteiger partial charge is 0.497 e. The van der Waals surface area contributed by atoms with Crippen LogP contribution in [0.2, 0.25) is 0 Å². The summed E-state index contributed by atoms with van der Waals surface area (Å²) in [5.41, 5.74) is 1.05. The Morgan fingerprint density at radius 3 is 2.55 bits per heavy atom. The molecule has 0 aliphatic carbocycles. The molecule has 2 amide bonds. The lowest BCUT2D eigenvalue weighted by molar-refractivity contribution is 0.217. The molecule has 0 heterocycles. The van der Waals surface area contributed by atoms with Crippen LogP contribution in [0.25, 0.3) is 0 Å². The van der Waals surface area contributed by atoms with Gasteiger partial charge >= 0.3 is 6.03 Å². The van der Waals surface area contributed by atoms with Crippen molar-refractivity contribution in [2.24, 2.45) is 0 Å². The van der Waals surface area contributed by atoms with Gasteiger partial charge in [0.25, 0.3) is 0 Å². The van der Waals surface area contributed by atoms with Crippen LogP contribution < -0.4 is 20.1 Å². The van der Waals surface area contributed by atoms with E-state index in [4.69, 9.17) is 9.47 Å². The Bertz CT molecular complexity index is 436. The highest BCUT2D eigenvalue weighted by Gasteiger charge is 2.05. The van der Waals surface area contributed by atoms with Gasteiger partial charge in [-0.1, -0.05) is 6.07 Å². The zero-order chi connectivity index (χ0) is 15.0. The quantitative estimate of drug-likeness (QED) is 0.734. The van der Waals surface area contributed by atoms with Crippen molar-refractivity contribution in [3.63, 3.8) is 0 Å². The number of nitrogens with one attached hydrogen (secondary N) is 2. The van der Waals surface area contributed by atoms with Gasteiger partial charge in [0.05, 0.1) is 14.2 Å². The third kappa shape index (κ3) is 4.97. The summed E-state index contributed by atoms with van der Waals surface area (Å²) in [6.07, 6.45) is 0. The van der Waals surface area contributed by atoms with Gasteiger partial charge in [0.2, 0.25) is 0 Å². The summed E-state index contributed by atoms with van der Waals surface area (Å²) in [7, 11) is 6.69. The van der Waals surface area contributed by atoms with Gasteiger partial charge in [-0.25, -0.2) is 4.79 Å². The number of nitrogens with zero attached hydrogens (tertiary/aromatic N) is 1. The van der Waals surface area contributed by atoms with Crippen LogP contribution in [0.3, 0.4) is 0 Å². The van der Waals surface area contributed by atoms with Crippen LogP contribution in [-0.4, -0.2) is 52.3 Å². The summed E-state index contributed by atoms with van der Waals surface area (Å²) in [6.45, 7) is 1.94. The van der Waals surface area contributed by atoms with Crippen molar-refractivity contribution in [1.82, 2.24) is 15.5 Å². The summed E-state index contributed by atoms with van der Waals surface area (Å²) in [4.78, 5) is 12.8. The molecule has 1 aromatic carbocycles. The van der Waals surface area contributed by atoms with E-state index in [1.807, 2.05) is 18.2 Å². The lowest BCUT2D eigenvalue weighted by Crippen LogP contribution is -2.38. The van der Waals surface area contributed by atoms with Crippen LogP contribution >= 0.6 is 0 Å². The third-order valence-corrected chi connectivity index (χ3v) is 2.79. The molecule has 6 heteroatoms. The number of urea groups is 1. The van der Waals surface area contributed by atoms with Crippen molar-refractivity contribution < 1.29 is 14.3 Å². The monoisotopic (exact) mass is 281 g/mol. The smallest absolute Gasteiger partial charge is 0.316 e. The number of ether oxygens (including phenoxy) is 2. The predicted molar refractivity (Wildman–Crippen MR) is 78.3 cm³/mol. The van der Waals surface area contributed by atoms with Crippen LogP contribution in [0.4, 0.5) is 4.79 Å². The molecule has 1 rings (SSSR count). The molecular formula is C14H23N3O3. The number of hydrogen-bond acceptors (Lipinski definition) is 4. The summed E-state index contributed by atoms with van der Waals surface area (Å²) >= 11 is 0. The first-order valence-electron chi connectivity index (χ1n) is 6.45. The zero-order valence-electron chi connectivity index (χ0n) is 12.5. The molecule has 0 saturated heterocycles. The van der Waals surface area contributed by atoms with E-state index < -0.39 is 0 Å². The Morgan fingerprint density at radius 2 is 1.95 bits per heavy atom. The van der Waals surface area contributed by atoms with Gasteiger partial charge in [-0.15, -0.1) is 0 Å². The maximum Gasteiger partial charge on any atom is 0.316 e. The number of rotatable bonds is 7. The molecule has 0 unspecified atom stereocenters. The number of methoxy groups -OCH3 is 2. The average molecular weight is 281 g/mol. The fraction of sp³-hybridized carbons (Fsp3) is 0.500. The molecule has 0 aliphatic rings. The number of amides is 2. The van der Waals surface area contributed by atoms with E-state index in [2.05, 4.69) is 10.6 Å². The van der Waals surface area contributed by atoms with Gasteiger partial charge in [-0.2, -0.15) is 0 Å². The first-order chi connectivity index (χ1) is 9.58. The number of carbonyl (C=O) groups is 1. The molecule has 20 heavy (non-hydrogen) atoms. The van der Waals surface area contributed by atoms with Crippen molar-refractivity contribution in [1.29, 1.82) is 0 Å². The molecule has 0 fully saturated rings. The van der Waals surface area contributed by atoms with Crippen molar-refractivity contribution in [3.05, 3.63) is 23.8 Å². The van der Waals surface area contributed by atoms with Crippen LogP contribution in [0, 0.1) is 0 Å². The Labute approximate surface area is 120 Å². The number of benzene rings is 1. The van der Waals surface area contributed by atoms with Crippen molar-refractivity contribution in [2.75, 3.05) is 41.4 Å². The van der Waals surface area contributed by atoms with Gasteiger partial charge in [0, 0.05) is 45.4 Å². The number of hydrogen-bond donors (Lipinski definition) is 2. The Hall–Kier alpha value is -1.95. The second-order valence-corrected chi connectivity index (χ2v) is 4.48. The maximum absolute atomic E-state index is 11.3. The molecule has 0 aliphatic heterocycles. The molecule has 0 saturated carbocycles. The molecule has 0 bridgehead atoms. The highest BCUT2D eigenvalue weighted by molar-refractivity contribution is 5.73. The van der Waals surface area contributed by atoms with Crippen molar-refractivity contribution in [2.45, 2.75) is 6.54 Å². The van der Waals surface area contributed by atoms with Gasteiger partial charge < -0.3 is 25.0 Å². The fourth-order valence-corrected chi connectivity index (χ4v) is 1.64. The minimum Gasteiger partial charge on any atom is -0.497 e. The Kier molecular flexibility index (Phi) is 6.66. The summed E-state index contributed by atoms with van der Waals surface area (Å²) in [5.74, 6) is 1.55. The normalized spacial score (nSPS) is 10.0. The molecule has 0 atom stereocenters. The molecule has 0 radical (unpaired) electrons. The second-order valence-electron chi connectivity index (χ2n) is 4.48. The summed E-state index contributed by atoms with van der Waals surface area (Å²) < 4.78 is 10.5. The molecular weight excluding hydrogens is 258 g/mol. The summed E-state index contributed by atoms with van der Waals surface area (Å²) in [6, 6.07) is 5.62. The van der Waals surface area contributed by atoms with Gasteiger partial charge in [0.1, 0.15) is 11.5 Å². The minimum absolute atomic E-state index is 0.0890. The average Bonchev–Trinajstić information content (AvgIpc) is 2.46. The van der Waals surface area contributed by atoms with Crippen LogP contribution in [0.1, 0.15) is 5.56 Å². The third-order valence-electron chi connectivity index (χ3n) is 2.79. The van der Waals surface area contributed by atoms with E-state index >= 15 is 0 Å². The van der Waals surface area contributed by atoms with E-state index in [-0.39, 0.29) is 6.03 Å².